The van der Waals surface area contributed by atoms with Crippen molar-refractivity contribution in [2.75, 3.05) is 7.11 Å². The summed E-state index contributed by atoms with van der Waals surface area (Å²) in [5.74, 6) is -3.62. The Bertz CT molecular complexity index is 638. The predicted octanol–water partition coefficient (Wildman–Crippen LogP) is 1.22. The van der Waals surface area contributed by atoms with Gasteiger partial charge in [-0.3, -0.25) is 9.59 Å². The van der Waals surface area contributed by atoms with E-state index in [0.717, 1.165) is 0 Å². The molecule has 0 saturated heterocycles. The van der Waals surface area contributed by atoms with E-state index < -0.39 is 35.8 Å². The third kappa shape index (κ3) is 2.18. The standard InChI is InChI=1S/C15H15NO6/c1-21-8-4-2-7(3-5-8)12-11-9(14(17)18)6-10(15(19)20)13(11)22-16-12/h2-5,9-11,13H,6H2,1H3,(H,17,18)(H,19,20)/t9-,10+,11+,13+/m0/s1. The number of benzene rings is 1. The molecule has 0 unspecified atom stereocenters. The molecule has 1 aromatic rings. The highest BCUT2D eigenvalue weighted by molar-refractivity contribution is 6.05. The summed E-state index contributed by atoms with van der Waals surface area (Å²) in [7, 11) is 1.55. The van der Waals surface area contributed by atoms with Crippen molar-refractivity contribution in [3.63, 3.8) is 0 Å². The summed E-state index contributed by atoms with van der Waals surface area (Å²) < 4.78 is 5.08. The van der Waals surface area contributed by atoms with Crippen LogP contribution in [0.5, 0.6) is 5.75 Å². The first-order valence-electron chi connectivity index (χ1n) is 6.86. The normalized spacial score (nSPS) is 29.4. The van der Waals surface area contributed by atoms with Gasteiger partial charge >= 0.3 is 11.9 Å². The summed E-state index contributed by atoms with van der Waals surface area (Å²) in [6.45, 7) is 0. The van der Waals surface area contributed by atoms with Gasteiger partial charge in [0.05, 0.1) is 30.6 Å². The SMILES string of the molecule is COc1ccc(C2=NO[C@H]3[C@@H]2[C@@H](C(=O)O)C[C@H]3C(=O)O)cc1. The Morgan fingerprint density at radius 1 is 1.18 bits per heavy atom. The number of hydrogen-bond donors (Lipinski definition) is 2. The average Bonchev–Trinajstić information content (AvgIpc) is 3.06. The number of rotatable bonds is 4. The number of aliphatic carboxylic acids is 2. The van der Waals surface area contributed by atoms with Crippen LogP contribution in [-0.4, -0.2) is 41.1 Å². The summed E-state index contributed by atoms with van der Waals surface area (Å²) in [6.07, 6.45) is -0.675. The molecule has 116 valence electrons. The smallest absolute Gasteiger partial charge is 0.310 e. The third-order valence-corrected chi connectivity index (χ3v) is 4.30. The van der Waals surface area contributed by atoms with Crippen molar-refractivity contribution in [3.05, 3.63) is 29.8 Å². The van der Waals surface area contributed by atoms with Crippen molar-refractivity contribution in [1.29, 1.82) is 0 Å². The van der Waals surface area contributed by atoms with Crippen LogP contribution in [0.25, 0.3) is 0 Å². The first kappa shape index (κ1) is 14.4. The van der Waals surface area contributed by atoms with Crippen LogP contribution in [0.2, 0.25) is 0 Å². The minimum atomic E-state index is -1.05. The largest absolute Gasteiger partial charge is 0.497 e. The lowest BCUT2D eigenvalue weighted by molar-refractivity contribution is -0.145. The first-order valence-corrected chi connectivity index (χ1v) is 6.86. The molecule has 2 N–H and O–H groups in total. The fraction of sp³-hybridized carbons (Fsp3) is 0.400. The van der Waals surface area contributed by atoms with E-state index in [2.05, 4.69) is 5.16 Å². The summed E-state index contributed by atoms with van der Waals surface area (Å²) in [5.41, 5.74) is 1.20. The van der Waals surface area contributed by atoms with Crippen molar-refractivity contribution in [2.24, 2.45) is 22.9 Å². The van der Waals surface area contributed by atoms with E-state index in [1.165, 1.54) is 0 Å². The molecule has 7 heteroatoms. The maximum Gasteiger partial charge on any atom is 0.310 e. The van der Waals surface area contributed by atoms with Gasteiger partial charge in [-0.05, 0) is 30.7 Å². The van der Waals surface area contributed by atoms with Gasteiger partial charge in [0.1, 0.15) is 11.9 Å². The van der Waals surface area contributed by atoms with Crippen molar-refractivity contribution in [2.45, 2.75) is 12.5 Å². The van der Waals surface area contributed by atoms with E-state index in [9.17, 15) is 19.8 Å². The summed E-state index contributed by atoms with van der Waals surface area (Å²) in [5, 5.41) is 22.6. The second kappa shape index (κ2) is 5.32. The number of carboxylic acids is 2. The lowest BCUT2D eigenvalue weighted by atomic mass is 9.87. The third-order valence-electron chi connectivity index (χ3n) is 4.30. The zero-order chi connectivity index (χ0) is 15.9. The van der Waals surface area contributed by atoms with Crippen LogP contribution in [-0.2, 0) is 14.4 Å². The van der Waals surface area contributed by atoms with E-state index in [4.69, 9.17) is 9.57 Å². The molecule has 22 heavy (non-hydrogen) atoms. The number of ether oxygens (including phenoxy) is 1. The van der Waals surface area contributed by atoms with Crippen molar-refractivity contribution in [1.82, 2.24) is 0 Å². The quantitative estimate of drug-likeness (QED) is 0.866. The summed E-state index contributed by atoms with van der Waals surface area (Å²) >= 11 is 0. The van der Waals surface area contributed by atoms with Crippen LogP contribution in [0.1, 0.15) is 12.0 Å². The van der Waals surface area contributed by atoms with Gasteiger partial charge in [0.2, 0.25) is 0 Å². The van der Waals surface area contributed by atoms with Gasteiger partial charge in [-0.2, -0.15) is 0 Å². The molecule has 0 amide bonds. The maximum absolute atomic E-state index is 11.5. The Morgan fingerprint density at radius 3 is 2.36 bits per heavy atom. The van der Waals surface area contributed by atoms with E-state index in [1.54, 1.807) is 31.4 Å². The van der Waals surface area contributed by atoms with Crippen LogP contribution in [0, 0.1) is 17.8 Å². The van der Waals surface area contributed by atoms with Crippen LogP contribution >= 0.6 is 0 Å². The second-order valence-electron chi connectivity index (χ2n) is 5.43. The molecule has 1 aliphatic carbocycles. The van der Waals surface area contributed by atoms with Gasteiger partial charge in [-0.15, -0.1) is 0 Å². The molecule has 0 bridgehead atoms. The molecule has 7 nitrogen and oxygen atoms in total. The predicted molar refractivity (Wildman–Crippen MR) is 74.8 cm³/mol. The number of carbonyl (C=O) groups is 2. The lowest BCUT2D eigenvalue weighted by Crippen LogP contribution is -2.31. The molecular weight excluding hydrogens is 290 g/mol. The highest BCUT2D eigenvalue weighted by atomic mass is 16.6. The van der Waals surface area contributed by atoms with E-state index in [1.807, 2.05) is 0 Å². The Labute approximate surface area is 126 Å². The van der Waals surface area contributed by atoms with E-state index in [0.29, 0.717) is 17.0 Å². The lowest BCUT2D eigenvalue weighted by Gasteiger charge is -2.15. The van der Waals surface area contributed by atoms with E-state index >= 15 is 0 Å². The molecule has 2 aliphatic rings. The molecule has 1 aliphatic heterocycles. The Kier molecular flexibility index (Phi) is 3.48. The van der Waals surface area contributed by atoms with Gasteiger partial charge < -0.3 is 19.8 Å². The summed E-state index contributed by atoms with van der Waals surface area (Å²) in [6, 6.07) is 7.00. The molecule has 0 radical (unpaired) electrons. The van der Waals surface area contributed by atoms with Crippen LogP contribution in [0.15, 0.2) is 29.4 Å². The number of nitrogens with zero attached hydrogens (tertiary/aromatic N) is 1. The molecule has 1 saturated carbocycles. The Balaban J connectivity index is 1.93. The molecule has 3 rings (SSSR count). The number of carboxylic acid groups (broad SMARTS) is 2. The Hall–Kier alpha value is -2.57. The molecule has 1 heterocycles. The van der Waals surface area contributed by atoms with Crippen LogP contribution < -0.4 is 4.74 Å². The second-order valence-corrected chi connectivity index (χ2v) is 5.43. The first-order chi connectivity index (χ1) is 10.5. The van der Waals surface area contributed by atoms with Gasteiger partial charge in [0.15, 0.2) is 0 Å². The van der Waals surface area contributed by atoms with Crippen molar-refractivity contribution < 1.29 is 29.4 Å². The average molecular weight is 305 g/mol. The van der Waals surface area contributed by atoms with Crippen molar-refractivity contribution in [3.8, 4) is 5.75 Å². The molecule has 4 atom stereocenters. The topological polar surface area (TPSA) is 105 Å². The highest BCUT2D eigenvalue weighted by Gasteiger charge is 2.56. The van der Waals surface area contributed by atoms with Crippen LogP contribution in [0.4, 0.5) is 0 Å². The zero-order valence-corrected chi connectivity index (χ0v) is 11.8. The van der Waals surface area contributed by atoms with Crippen LogP contribution in [0.3, 0.4) is 0 Å². The number of fused-ring (bicyclic) bond motifs is 1. The van der Waals surface area contributed by atoms with E-state index in [-0.39, 0.29) is 6.42 Å². The minimum absolute atomic E-state index is 0.0508. The van der Waals surface area contributed by atoms with Gasteiger partial charge in [-0.1, -0.05) is 5.16 Å². The Morgan fingerprint density at radius 2 is 1.82 bits per heavy atom. The molecule has 0 spiro atoms. The van der Waals surface area contributed by atoms with Gasteiger partial charge in [0.25, 0.3) is 0 Å². The number of oxime groups is 1. The molecule has 1 fully saturated rings. The fourth-order valence-corrected chi connectivity index (χ4v) is 3.20. The molecule has 0 aromatic heterocycles. The molecular formula is C15H15NO6. The van der Waals surface area contributed by atoms with Gasteiger partial charge in [0, 0.05) is 5.56 Å². The number of hydrogen-bond acceptors (Lipinski definition) is 5. The molecule has 1 aromatic carbocycles. The monoisotopic (exact) mass is 305 g/mol. The highest BCUT2D eigenvalue weighted by Crippen LogP contribution is 2.44. The maximum atomic E-state index is 11.5. The fourth-order valence-electron chi connectivity index (χ4n) is 3.20. The minimum Gasteiger partial charge on any atom is -0.497 e. The number of methoxy groups -OCH3 is 1. The van der Waals surface area contributed by atoms with Crippen molar-refractivity contribution >= 4 is 17.7 Å². The summed E-state index contributed by atoms with van der Waals surface area (Å²) in [4.78, 5) is 28.0. The zero-order valence-electron chi connectivity index (χ0n) is 11.8. The van der Waals surface area contributed by atoms with Gasteiger partial charge in [-0.25, -0.2) is 0 Å².